The molecule has 5 N–H and O–H groups in total. The number of alkyl carbamates (subject to hydrolysis) is 2. The lowest BCUT2D eigenvalue weighted by Gasteiger charge is -2.30. The third-order valence-corrected chi connectivity index (χ3v) is 9.47. The van der Waals surface area contributed by atoms with Gasteiger partial charge in [0, 0.05) is 13.1 Å². The first-order valence-corrected chi connectivity index (χ1v) is 20.2. The topological polar surface area (TPSA) is 192 Å². The van der Waals surface area contributed by atoms with Crippen molar-refractivity contribution >= 4 is 35.9 Å². The smallest absolute Gasteiger partial charge is 0.408 e. The number of ether oxygens (including phenoxy) is 2. The zero-order valence-corrected chi connectivity index (χ0v) is 35.0. The molecule has 0 aromatic heterocycles. The van der Waals surface area contributed by atoms with E-state index in [0.29, 0.717) is 32.2 Å². The lowest BCUT2D eigenvalue weighted by Crippen LogP contribution is -2.57. The molecule has 318 valence electrons. The van der Waals surface area contributed by atoms with E-state index >= 15 is 0 Å². The molecule has 5 amide bonds. The molecule has 2 aromatic rings. The van der Waals surface area contributed by atoms with Gasteiger partial charge in [-0.25, -0.2) is 14.4 Å². The average Bonchev–Trinajstić information content (AvgIpc) is 3.65. The van der Waals surface area contributed by atoms with Crippen molar-refractivity contribution in [2.24, 2.45) is 17.8 Å². The number of carbonyl (C=O) groups is 6. The minimum Gasteiger partial charge on any atom is -0.480 e. The van der Waals surface area contributed by atoms with Gasteiger partial charge >= 0.3 is 18.2 Å². The molecule has 1 heterocycles. The predicted octanol–water partition coefficient (Wildman–Crippen LogP) is 5.75. The number of carbonyl (C=O) groups excluding carboxylic acids is 5. The Bertz CT molecular complexity index is 1680. The van der Waals surface area contributed by atoms with Gasteiger partial charge in [-0.05, 0) is 82.3 Å². The fourth-order valence-corrected chi connectivity index (χ4v) is 6.62. The zero-order valence-electron chi connectivity index (χ0n) is 35.0. The first-order chi connectivity index (χ1) is 27.4. The molecule has 2 aromatic carbocycles. The Kier molecular flexibility index (Phi) is 18.7. The maximum absolute atomic E-state index is 14.4. The number of hydrogen-bond acceptors (Lipinski definition) is 8. The van der Waals surface area contributed by atoms with Crippen LogP contribution in [0.4, 0.5) is 9.59 Å². The molecule has 14 nitrogen and oxygen atoms in total. The molecule has 1 aliphatic rings. The Morgan fingerprint density at radius 2 is 1.50 bits per heavy atom. The number of hydrogen-bond donors (Lipinski definition) is 5. The van der Waals surface area contributed by atoms with Crippen LogP contribution in [0.1, 0.15) is 91.7 Å². The Morgan fingerprint density at radius 3 is 2.09 bits per heavy atom. The number of amides is 5. The highest BCUT2D eigenvalue weighted by Crippen LogP contribution is 2.24. The van der Waals surface area contributed by atoms with Crippen LogP contribution in [0.15, 0.2) is 72.8 Å². The summed E-state index contributed by atoms with van der Waals surface area (Å²) in [5.41, 5.74) is 1.07. The molecule has 0 bridgehead atoms. The van der Waals surface area contributed by atoms with Crippen LogP contribution < -0.4 is 21.3 Å². The second-order valence-corrected chi connectivity index (χ2v) is 16.5. The van der Waals surface area contributed by atoms with E-state index in [-0.39, 0.29) is 37.8 Å². The van der Waals surface area contributed by atoms with E-state index in [1.807, 2.05) is 80.6 Å². The van der Waals surface area contributed by atoms with Crippen molar-refractivity contribution in [2.75, 3.05) is 13.1 Å². The van der Waals surface area contributed by atoms with Gasteiger partial charge in [0.05, 0.1) is 12.0 Å². The van der Waals surface area contributed by atoms with Crippen molar-refractivity contribution in [3.05, 3.63) is 83.9 Å². The molecule has 0 saturated carbocycles. The number of benzene rings is 2. The average molecular weight is 806 g/mol. The quantitative estimate of drug-likeness (QED) is 0.0819. The van der Waals surface area contributed by atoms with Gasteiger partial charge in [0.2, 0.25) is 17.7 Å². The van der Waals surface area contributed by atoms with Crippen LogP contribution in [0.5, 0.6) is 0 Å². The minimum atomic E-state index is -1.27. The van der Waals surface area contributed by atoms with E-state index in [9.17, 15) is 33.9 Å². The number of nitrogens with zero attached hydrogens (tertiary/aromatic N) is 1. The summed E-state index contributed by atoms with van der Waals surface area (Å²) in [4.78, 5) is 80.2. The van der Waals surface area contributed by atoms with Crippen LogP contribution in [0.2, 0.25) is 0 Å². The zero-order chi connectivity index (χ0) is 42.8. The molecule has 58 heavy (non-hydrogen) atoms. The van der Waals surface area contributed by atoms with Gasteiger partial charge in [-0.3, -0.25) is 14.4 Å². The molecule has 4 unspecified atom stereocenters. The highest BCUT2D eigenvalue weighted by molar-refractivity contribution is 5.94. The Labute approximate surface area is 342 Å². The summed E-state index contributed by atoms with van der Waals surface area (Å²) in [6, 6.07) is 15.1. The van der Waals surface area contributed by atoms with Crippen LogP contribution in [-0.2, 0) is 41.7 Å². The van der Waals surface area contributed by atoms with Gasteiger partial charge in [0.25, 0.3) is 0 Å². The first-order valence-electron chi connectivity index (χ1n) is 20.2. The summed E-state index contributed by atoms with van der Waals surface area (Å²) in [5, 5.41) is 20.7. The van der Waals surface area contributed by atoms with E-state index in [2.05, 4.69) is 21.3 Å². The van der Waals surface area contributed by atoms with Gasteiger partial charge in [-0.2, -0.15) is 0 Å². The minimum absolute atomic E-state index is 0.0192. The fraction of sp³-hybridized carbons (Fsp3) is 0.545. The van der Waals surface area contributed by atoms with E-state index in [1.54, 1.807) is 45.6 Å². The largest absolute Gasteiger partial charge is 0.480 e. The van der Waals surface area contributed by atoms with Crippen molar-refractivity contribution < 1.29 is 43.3 Å². The Balaban J connectivity index is 1.67. The van der Waals surface area contributed by atoms with Crippen molar-refractivity contribution in [1.29, 1.82) is 0 Å². The Morgan fingerprint density at radius 1 is 0.862 bits per heavy atom. The molecule has 14 heteroatoms. The predicted molar refractivity (Wildman–Crippen MR) is 220 cm³/mol. The van der Waals surface area contributed by atoms with E-state index in [4.69, 9.17) is 9.47 Å². The van der Waals surface area contributed by atoms with Crippen molar-refractivity contribution in [3.8, 4) is 0 Å². The van der Waals surface area contributed by atoms with E-state index < -0.39 is 71.6 Å². The number of carboxylic acids is 1. The standard InChI is InChI=1S/C44H63N5O9/c1-29(2)26-34(46-43(56)58-44(5,6)7)23-22-33(27-31-16-10-8-11-17-31)40(52)49-25-15-21-36(49)38(50)48-37(30(3)4)39(51)47-35(41(53)54)20-14-24-45-42(55)57-28-32-18-12-9-13-19-32/h8-13,16-19,22-23,29-30,33-37H,14-15,20-21,24-28H2,1-7H3,(H,45,55)(H,46,56)(H,47,51)(H,48,50)(H,53,54)/b23-22+/t33?,34?,35?,36-,37?/m1/s1. The normalized spacial score (nSPS) is 16.3. The molecule has 0 radical (unpaired) electrons. The molecule has 5 atom stereocenters. The summed E-state index contributed by atoms with van der Waals surface area (Å²) in [5.74, 6) is -3.52. The lowest BCUT2D eigenvalue weighted by atomic mass is 9.94. The summed E-state index contributed by atoms with van der Waals surface area (Å²) < 4.78 is 10.7. The molecule has 3 rings (SSSR count). The highest BCUT2D eigenvalue weighted by Gasteiger charge is 2.39. The van der Waals surface area contributed by atoms with Gasteiger partial charge in [0.1, 0.15) is 30.3 Å². The third-order valence-electron chi connectivity index (χ3n) is 9.47. The fourth-order valence-electron chi connectivity index (χ4n) is 6.62. The van der Waals surface area contributed by atoms with Gasteiger partial charge in [0.15, 0.2) is 0 Å². The summed E-state index contributed by atoms with van der Waals surface area (Å²) in [6.45, 7) is 13.5. The number of carboxylic acid groups (broad SMARTS) is 1. The summed E-state index contributed by atoms with van der Waals surface area (Å²) in [6.07, 6.45) is 4.62. The summed E-state index contributed by atoms with van der Waals surface area (Å²) >= 11 is 0. The van der Waals surface area contributed by atoms with Gasteiger partial charge in [-0.15, -0.1) is 0 Å². The number of nitrogens with one attached hydrogen (secondary N) is 4. The molecule has 0 aliphatic carbocycles. The highest BCUT2D eigenvalue weighted by atomic mass is 16.6. The molecular formula is C44H63N5O9. The maximum Gasteiger partial charge on any atom is 0.408 e. The molecule has 1 fully saturated rings. The molecule has 0 spiro atoms. The molecule has 1 aliphatic heterocycles. The van der Waals surface area contributed by atoms with E-state index in [1.165, 1.54) is 0 Å². The van der Waals surface area contributed by atoms with Crippen LogP contribution >= 0.6 is 0 Å². The van der Waals surface area contributed by atoms with Crippen LogP contribution in [0.3, 0.4) is 0 Å². The van der Waals surface area contributed by atoms with Crippen LogP contribution in [0.25, 0.3) is 0 Å². The molecular weight excluding hydrogens is 743 g/mol. The first kappa shape index (κ1) is 47.0. The van der Waals surface area contributed by atoms with Crippen LogP contribution in [-0.4, -0.2) is 88.7 Å². The third kappa shape index (κ3) is 16.6. The number of rotatable bonds is 20. The van der Waals surface area contributed by atoms with Gasteiger partial charge in [-0.1, -0.05) is 101 Å². The second kappa shape index (κ2) is 23.1. The Hall–Kier alpha value is -5.40. The van der Waals surface area contributed by atoms with Crippen molar-refractivity contribution in [2.45, 2.75) is 123 Å². The van der Waals surface area contributed by atoms with E-state index in [0.717, 1.165) is 11.1 Å². The summed E-state index contributed by atoms with van der Waals surface area (Å²) in [7, 11) is 0. The second-order valence-electron chi connectivity index (χ2n) is 16.5. The van der Waals surface area contributed by atoms with Crippen molar-refractivity contribution in [3.63, 3.8) is 0 Å². The number of aliphatic carboxylic acids is 1. The SMILES string of the molecule is CC(C)CC(/C=C/C(Cc1ccccc1)C(=O)N1CCC[C@@H]1C(=O)NC(C(=O)NC(CCCNC(=O)OCc1ccccc1)C(=O)O)C(C)C)NC(=O)OC(C)(C)C. The van der Waals surface area contributed by atoms with Crippen molar-refractivity contribution in [1.82, 2.24) is 26.2 Å². The molecule has 1 saturated heterocycles. The number of likely N-dealkylation sites (tertiary alicyclic amines) is 1. The van der Waals surface area contributed by atoms with Gasteiger partial charge < -0.3 is 40.7 Å². The lowest BCUT2D eigenvalue weighted by molar-refractivity contribution is -0.143. The monoisotopic (exact) mass is 805 g/mol. The van der Waals surface area contributed by atoms with Crippen LogP contribution in [0, 0.1) is 17.8 Å². The maximum atomic E-state index is 14.4.